The molecule has 0 fully saturated rings. The molecule has 208 valence electrons. The van der Waals surface area contributed by atoms with Gasteiger partial charge in [-0.1, -0.05) is 18.2 Å². The van der Waals surface area contributed by atoms with E-state index < -0.39 is 66.9 Å². The molecule has 0 bridgehead atoms. The molecule has 0 aliphatic rings. The summed E-state index contributed by atoms with van der Waals surface area (Å²) in [6.07, 6.45) is 3.49. The van der Waals surface area contributed by atoms with Crippen LogP contribution in [0.1, 0.15) is 17.7 Å². The van der Waals surface area contributed by atoms with E-state index in [0.29, 0.717) is 11.3 Å². The SMILES string of the molecule is NC(CC(=O)O)C(=O)NC(Cc1c[nH]c2ccccc12)C(=O)NC(CO)C(=O)NC(Cc1cnc[nH]1)C(=O)O. The number of carbonyl (C=O) groups is 5. The fourth-order valence-corrected chi connectivity index (χ4v) is 3.84. The highest BCUT2D eigenvalue weighted by Crippen LogP contribution is 2.19. The summed E-state index contributed by atoms with van der Waals surface area (Å²) in [7, 11) is 0. The van der Waals surface area contributed by atoms with E-state index in [-0.39, 0.29) is 12.8 Å². The molecule has 0 saturated carbocycles. The van der Waals surface area contributed by atoms with Gasteiger partial charge in [-0.3, -0.25) is 19.2 Å². The van der Waals surface area contributed by atoms with Crippen LogP contribution < -0.4 is 21.7 Å². The molecule has 3 rings (SSSR count). The zero-order chi connectivity index (χ0) is 28.5. The van der Waals surface area contributed by atoms with Crippen LogP contribution in [0.3, 0.4) is 0 Å². The van der Waals surface area contributed by atoms with Crippen LogP contribution in [0.4, 0.5) is 0 Å². The minimum atomic E-state index is -1.56. The van der Waals surface area contributed by atoms with Crippen molar-refractivity contribution in [1.29, 1.82) is 0 Å². The minimum Gasteiger partial charge on any atom is -0.481 e. The van der Waals surface area contributed by atoms with E-state index >= 15 is 0 Å². The van der Waals surface area contributed by atoms with Crippen LogP contribution in [-0.2, 0) is 36.8 Å². The molecule has 2 aromatic heterocycles. The van der Waals surface area contributed by atoms with Crippen LogP contribution in [0, 0.1) is 0 Å². The van der Waals surface area contributed by atoms with Crippen molar-refractivity contribution >= 4 is 40.6 Å². The number of benzene rings is 1. The van der Waals surface area contributed by atoms with Crippen LogP contribution in [0.5, 0.6) is 0 Å². The summed E-state index contributed by atoms with van der Waals surface area (Å²) in [5.74, 6) is -5.43. The number of aliphatic hydroxyl groups is 1. The molecule has 0 spiro atoms. The summed E-state index contributed by atoms with van der Waals surface area (Å²) in [6, 6.07) is 1.48. The molecule has 15 nitrogen and oxygen atoms in total. The molecule has 2 heterocycles. The average molecular weight is 544 g/mol. The van der Waals surface area contributed by atoms with Crippen LogP contribution in [0.15, 0.2) is 43.0 Å². The summed E-state index contributed by atoms with van der Waals surface area (Å²) >= 11 is 0. The Bertz CT molecular complexity index is 1320. The Morgan fingerprint density at radius 3 is 2.21 bits per heavy atom. The Kier molecular flexibility index (Phi) is 9.72. The fraction of sp³-hybridized carbons (Fsp3) is 0.333. The molecular formula is C24H29N7O8. The van der Waals surface area contributed by atoms with Gasteiger partial charge in [-0.2, -0.15) is 0 Å². The summed E-state index contributed by atoms with van der Waals surface area (Å²) in [5.41, 5.74) is 7.49. The number of nitrogens with one attached hydrogen (secondary N) is 5. The largest absolute Gasteiger partial charge is 0.481 e. The number of rotatable bonds is 14. The molecule has 4 atom stereocenters. The van der Waals surface area contributed by atoms with Crippen LogP contribution in [0.25, 0.3) is 10.9 Å². The molecule has 0 aliphatic heterocycles. The lowest BCUT2D eigenvalue weighted by Crippen LogP contribution is -2.58. The van der Waals surface area contributed by atoms with E-state index in [1.807, 2.05) is 6.07 Å². The van der Waals surface area contributed by atoms with Gasteiger partial charge in [-0.15, -0.1) is 0 Å². The van der Waals surface area contributed by atoms with Crippen molar-refractivity contribution in [3.05, 3.63) is 54.2 Å². The Labute approximate surface area is 221 Å². The number of nitrogens with two attached hydrogens (primary N) is 1. The molecule has 0 radical (unpaired) electrons. The molecule has 0 aliphatic carbocycles. The van der Waals surface area contributed by atoms with E-state index in [0.717, 1.165) is 10.9 Å². The quantitative estimate of drug-likeness (QED) is 0.108. The number of aliphatic carboxylic acids is 2. The van der Waals surface area contributed by atoms with Gasteiger partial charge < -0.3 is 47.0 Å². The predicted octanol–water partition coefficient (Wildman–Crippen LogP) is -1.99. The molecule has 4 unspecified atom stereocenters. The van der Waals surface area contributed by atoms with E-state index in [4.69, 9.17) is 10.8 Å². The first-order valence-electron chi connectivity index (χ1n) is 11.8. The van der Waals surface area contributed by atoms with Gasteiger partial charge >= 0.3 is 11.9 Å². The second-order valence-electron chi connectivity index (χ2n) is 8.75. The van der Waals surface area contributed by atoms with E-state index in [1.54, 1.807) is 24.4 Å². The lowest BCUT2D eigenvalue weighted by molar-refractivity contribution is -0.142. The Balaban J connectivity index is 1.76. The summed E-state index contributed by atoms with van der Waals surface area (Å²) in [4.78, 5) is 70.7. The molecule has 15 heteroatoms. The van der Waals surface area contributed by atoms with Gasteiger partial charge in [-0.05, 0) is 11.6 Å². The van der Waals surface area contributed by atoms with Crippen molar-refractivity contribution in [3.63, 3.8) is 0 Å². The number of H-pyrrole nitrogens is 2. The lowest BCUT2D eigenvalue weighted by Gasteiger charge is -2.24. The zero-order valence-corrected chi connectivity index (χ0v) is 20.6. The van der Waals surface area contributed by atoms with Gasteiger partial charge in [0.1, 0.15) is 18.1 Å². The Morgan fingerprint density at radius 1 is 0.897 bits per heavy atom. The number of nitrogens with zero attached hydrogens (tertiary/aromatic N) is 1. The Morgan fingerprint density at radius 2 is 1.56 bits per heavy atom. The normalized spacial score (nSPS) is 14.1. The summed E-state index contributed by atoms with van der Waals surface area (Å²) in [5, 5.41) is 36.0. The van der Waals surface area contributed by atoms with Crippen molar-refractivity contribution in [2.45, 2.75) is 43.4 Å². The van der Waals surface area contributed by atoms with Crippen LogP contribution in [-0.4, -0.2) is 90.7 Å². The maximum Gasteiger partial charge on any atom is 0.326 e. The third-order valence-corrected chi connectivity index (χ3v) is 5.87. The van der Waals surface area contributed by atoms with E-state index in [1.165, 1.54) is 12.5 Å². The van der Waals surface area contributed by atoms with Gasteiger partial charge in [0.15, 0.2) is 0 Å². The molecule has 3 aromatic rings. The summed E-state index contributed by atoms with van der Waals surface area (Å²) in [6.45, 7) is -0.875. The number of carbonyl (C=O) groups excluding carboxylic acids is 3. The van der Waals surface area contributed by atoms with Gasteiger partial charge in [0.05, 0.1) is 25.4 Å². The van der Waals surface area contributed by atoms with Crippen molar-refractivity contribution in [2.24, 2.45) is 5.73 Å². The van der Waals surface area contributed by atoms with Crippen LogP contribution in [0.2, 0.25) is 0 Å². The summed E-state index contributed by atoms with van der Waals surface area (Å²) < 4.78 is 0. The number of para-hydroxylation sites is 1. The van der Waals surface area contributed by atoms with Crippen molar-refractivity contribution in [3.8, 4) is 0 Å². The number of carboxylic acids is 2. The number of imidazole rings is 1. The fourth-order valence-electron chi connectivity index (χ4n) is 3.84. The maximum absolute atomic E-state index is 13.2. The van der Waals surface area contributed by atoms with Crippen molar-refractivity contribution in [2.75, 3.05) is 6.61 Å². The van der Waals surface area contributed by atoms with Gasteiger partial charge in [0.2, 0.25) is 17.7 Å². The van der Waals surface area contributed by atoms with Crippen molar-refractivity contribution < 1.29 is 39.3 Å². The molecule has 39 heavy (non-hydrogen) atoms. The number of aromatic nitrogens is 3. The first-order chi connectivity index (χ1) is 18.6. The topological polar surface area (TPSA) is 253 Å². The van der Waals surface area contributed by atoms with Gasteiger partial charge in [0.25, 0.3) is 0 Å². The molecule has 1 aromatic carbocycles. The average Bonchev–Trinajstić information content (AvgIpc) is 3.55. The lowest BCUT2D eigenvalue weighted by atomic mass is 10.0. The monoisotopic (exact) mass is 543 g/mol. The minimum absolute atomic E-state index is 0.0707. The van der Waals surface area contributed by atoms with E-state index in [2.05, 4.69) is 30.9 Å². The zero-order valence-electron chi connectivity index (χ0n) is 20.6. The number of aromatic amines is 2. The third-order valence-electron chi connectivity index (χ3n) is 5.87. The van der Waals surface area contributed by atoms with E-state index in [9.17, 15) is 34.2 Å². The van der Waals surface area contributed by atoms with Gasteiger partial charge in [0, 0.05) is 41.8 Å². The number of fused-ring (bicyclic) bond motifs is 1. The third kappa shape index (κ3) is 7.86. The molecule has 10 N–H and O–H groups in total. The standard InChI is InChI=1S/C24H29N7O8/c25-15(7-20(33)34)21(35)29-17(5-12-8-27-16-4-2-1-3-14(12)16)22(36)31-19(10-32)23(37)30-18(24(38)39)6-13-9-26-11-28-13/h1-4,8-9,11,15,17-19,27,32H,5-7,10,25H2,(H,26,28)(H,29,35)(H,30,37)(H,31,36)(H,33,34)(H,38,39). The number of carboxylic acid groups (broad SMARTS) is 2. The number of hydrogen-bond acceptors (Lipinski definition) is 8. The Hall–Kier alpha value is -4.76. The predicted molar refractivity (Wildman–Crippen MR) is 135 cm³/mol. The number of amides is 3. The highest BCUT2D eigenvalue weighted by atomic mass is 16.4. The maximum atomic E-state index is 13.2. The number of hydrogen-bond donors (Lipinski definition) is 9. The first kappa shape index (κ1) is 28.8. The second-order valence-corrected chi connectivity index (χ2v) is 8.75. The smallest absolute Gasteiger partial charge is 0.326 e. The first-order valence-corrected chi connectivity index (χ1v) is 11.8. The molecule has 3 amide bonds. The number of aliphatic hydroxyl groups excluding tert-OH is 1. The molecular weight excluding hydrogens is 514 g/mol. The van der Waals surface area contributed by atoms with Gasteiger partial charge in [-0.25, -0.2) is 9.78 Å². The molecule has 0 saturated heterocycles. The highest BCUT2D eigenvalue weighted by molar-refractivity contribution is 5.95. The highest BCUT2D eigenvalue weighted by Gasteiger charge is 2.31. The van der Waals surface area contributed by atoms with Crippen LogP contribution >= 0.6 is 0 Å². The van der Waals surface area contributed by atoms with Crippen molar-refractivity contribution in [1.82, 2.24) is 30.9 Å². The second kappa shape index (κ2) is 13.2.